The van der Waals surface area contributed by atoms with E-state index in [4.69, 9.17) is 0 Å². The molecule has 1 fully saturated rings. The Morgan fingerprint density at radius 3 is 2.63 bits per heavy atom. The highest BCUT2D eigenvalue weighted by atomic mass is 32.1. The van der Waals surface area contributed by atoms with Crippen molar-refractivity contribution in [1.29, 1.82) is 0 Å². The SMILES string of the molecule is Cc1ccc(CC(C)NCC2(CO)CCCCC2)s1. The molecule has 1 aliphatic rings. The monoisotopic (exact) mass is 281 g/mol. The van der Waals surface area contributed by atoms with E-state index in [1.807, 2.05) is 11.3 Å². The average molecular weight is 281 g/mol. The molecule has 1 saturated carbocycles. The lowest BCUT2D eigenvalue weighted by atomic mass is 9.74. The highest BCUT2D eigenvalue weighted by Gasteiger charge is 2.31. The molecule has 0 saturated heterocycles. The number of aliphatic hydroxyl groups excluding tert-OH is 1. The molecule has 0 radical (unpaired) electrons. The maximum Gasteiger partial charge on any atom is 0.0499 e. The van der Waals surface area contributed by atoms with Gasteiger partial charge in [0.25, 0.3) is 0 Å². The van der Waals surface area contributed by atoms with Crippen molar-refractivity contribution < 1.29 is 5.11 Å². The van der Waals surface area contributed by atoms with Gasteiger partial charge in [-0.05, 0) is 45.2 Å². The molecule has 2 N–H and O–H groups in total. The van der Waals surface area contributed by atoms with Crippen molar-refractivity contribution >= 4 is 11.3 Å². The molecule has 1 aromatic heterocycles. The fourth-order valence-electron chi connectivity index (χ4n) is 3.05. The van der Waals surface area contributed by atoms with E-state index in [2.05, 4.69) is 31.3 Å². The predicted molar refractivity (Wildman–Crippen MR) is 82.8 cm³/mol. The summed E-state index contributed by atoms with van der Waals surface area (Å²) < 4.78 is 0. The lowest BCUT2D eigenvalue weighted by molar-refractivity contribution is 0.0789. The van der Waals surface area contributed by atoms with E-state index in [9.17, 15) is 5.11 Å². The minimum absolute atomic E-state index is 0.151. The third-order valence-electron chi connectivity index (χ3n) is 4.38. The average Bonchev–Trinajstić information content (AvgIpc) is 2.83. The normalized spacial score (nSPS) is 20.4. The summed E-state index contributed by atoms with van der Waals surface area (Å²) in [4.78, 5) is 2.85. The van der Waals surface area contributed by atoms with Crippen molar-refractivity contribution in [3.05, 3.63) is 21.9 Å². The first-order chi connectivity index (χ1) is 9.13. The zero-order chi connectivity index (χ0) is 13.7. The maximum atomic E-state index is 9.71. The third kappa shape index (κ3) is 4.30. The summed E-state index contributed by atoms with van der Waals surface area (Å²) in [5.41, 5.74) is 0.151. The van der Waals surface area contributed by atoms with Crippen LogP contribution in [-0.4, -0.2) is 24.3 Å². The second kappa shape index (κ2) is 6.87. The Bertz CT molecular complexity index is 382. The molecule has 2 nitrogen and oxygen atoms in total. The van der Waals surface area contributed by atoms with Gasteiger partial charge in [-0.15, -0.1) is 11.3 Å². The molecule has 0 aromatic carbocycles. The first-order valence-electron chi connectivity index (χ1n) is 7.53. The van der Waals surface area contributed by atoms with Crippen LogP contribution in [0.1, 0.15) is 48.8 Å². The maximum absolute atomic E-state index is 9.71. The number of aliphatic hydroxyl groups is 1. The number of nitrogens with one attached hydrogen (secondary N) is 1. The number of thiophene rings is 1. The van der Waals surface area contributed by atoms with Crippen LogP contribution in [0.3, 0.4) is 0 Å². The molecule has 2 rings (SSSR count). The van der Waals surface area contributed by atoms with Gasteiger partial charge in [0, 0.05) is 34.4 Å². The number of hydrogen-bond acceptors (Lipinski definition) is 3. The summed E-state index contributed by atoms with van der Waals surface area (Å²) >= 11 is 1.89. The first kappa shape index (κ1) is 15.0. The predicted octanol–water partition coefficient (Wildman–Crippen LogP) is 3.52. The van der Waals surface area contributed by atoms with Gasteiger partial charge in [-0.25, -0.2) is 0 Å². The smallest absolute Gasteiger partial charge is 0.0499 e. The van der Waals surface area contributed by atoms with Crippen molar-refractivity contribution in [3.63, 3.8) is 0 Å². The zero-order valence-electron chi connectivity index (χ0n) is 12.2. The zero-order valence-corrected chi connectivity index (χ0v) is 13.1. The van der Waals surface area contributed by atoms with Crippen LogP contribution in [0.15, 0.2) is 12.1 Å². The van der Waals surface area contributed by atoms with Gasteiger partial charge >= 0.3 is 0 Å². The van der Waals surface area contributed by atoms with Crippen molar-refractivity contribution in [2.45, 2.75) is 58.4 Å². The van der Waals surface area contributed by atoms with Crippen molar-refractivity contribution in [2.75, 3.05) is 13.2 Å². The molecule has 3 heteroatoms. The van der Waals surface area contributed by atoms with E-state index in [0.717, 1.165) is 13.0 Å². The minimum Gasteiger partial charge on any atom is -0.396 e. The fourth-order valence-corrected chi connectivity index (χ4v) is 4.07. The molecule has 1 atom stereocenters. The highest BCUT2D eigenvalue weighted by Crippen LogP contribution is 2.35. The van der Waals surface area contributed by atoms with Gasteiger partial charge < -0.3 is 10.4 Å². The summed E-state index contributed by atoms with van der Waals surface area (Å²) in [6, 6.07) is 4.92. The van der Waals surface area contributed by atoms with E-state index in [0.29, 0.717) is 12.6 Å². The van der Waals surface area contributed by atoms with Gasteiger partial charge in [-0.3, -0.25) is 0 Å². The molecule has 19 heavy (non-hydrogen) atoms. The van der Waals surface area contributed by atoms with Crippen LogP contribution >= 0.6 is 11.3 Å². The van der Waals surface area contributed by atoms with E-state index in [1.54, 1.807) is 0 Å². The number of hydrogen-bond donors (Lipinski definition) is 2. The Kier molecular flexibility index (Phi) is 5.43. The standard InChI is InChI=1S/C16H27NOS/c1-13(10-15-7-6-14(2)19-15)17-11-16(12-18)8-4-3-5-9-16/h6-7,13,17-18H,3-5,8-12H2,1-2H3. The van der Waals surface area contributed by atoms with E-state index >= 15 is 0 Å². The van der Waals surface area contributed by atoms with Crippen molar-refractivity contribution in [2.24, 2.45) is 5.41 Å². The first-order valence-corrected chi connectivity index (χ1v) is 8.35. The van der Waals surface area contributed by atoms with Crippen LogP contribution in [0.2, 0.25) is 0 Å². The lowest BCUT2D eigenvalue weighted by Gasteiger charge is -2.36. The number of aryl methyl sites for hydroxylation is 1. The Labute approximate surface area is 121 Å². The summed E-state index contributed by atoms with van der Waals surface area (Å²) in [6.45, 7) is 5.72. The van der Waals surface area contributed by atoms with Gasteiger partial charge in [0.15, 0.2) is 0 Å². The van der Waals surface area contributed by atoms with Crippen LogP contribution in [0.25, 0.3) is 0 Å². The van der Waals surface area contributed by atoms with Crippen LogP contribution in [0, 0.1) is 12.3 Å². The topological polar surface area (TPSA) is 32.3 Å². The lowest BCUT2D eigenvalue weighted by Crippen LogP contribution is -2.42. The van der Waals surface area contributed by atoms with Gasteiger partial charge in [0.1, 0.15) is 0 Å². The quantitative estimate of drug-likeness (QED) is 0.836. The molecular formula is C16H27NOS. The molecule has 0 spiro atoms. The van der Waals surface area contributed by atoms with Gasteiger partial charge in [-0.1, -0.05) is 19.3 Å². The van der Waals surface area contributed by atoms with E-state index < -0.39 is 0 Å². The molecule has 1 aliphatic carbocycles. The van der Waals surface area contributed by atoms with Gasteiger partial charge in [-0.2, -0.15) is 0 Å². The second-order valence-electron chi connectivity index (χ2n) is 6.22. The largest absolute Gasteiger partial charge is 0.396 e. The van der Waals surface area contributed by atoms with E-state index in [-0.39, 0.29) is 5.41 Å². The molecule has 1 heterocycles. The summed E-state index contributed by atoms with van der Waals surface area (Å²) in [5.74, 6) is 0. The van der Waals surface area contributed by atoms with Crippen molar-refractivity contribution in [3.8, 4) is 0 Å². The second-order valence-corrected chi connectivity index (χ2v) is 7.59. The van der Waals surface area contributed by atoms with E-state index in [1.165, 1.54) is 41.9 Å². The third-order valence-corrected chi connectivity index (χ3v) is 5.40. The van der Waals surface area contributed by atoms with Crippen LogP contribution < -0.4 is 5.32 Å². The summed E-state index contributed by atoms with van der Waals surface area (Å²) in [5, 5.41) is 13.4. The Morgan fingerprint density at radius 1 is 1.32 bits per heavy atom. The molecule has 0 aliphatic heterocycles. The minimum atomic E-state index is 0.151. The number of rotatable bonds is 6. The Hall–Kier alpha value is -0.380. The van der Waals surface area contributed by atoms with Crippen LogP contribution in [-0.2, 0) is 6.42 Å². The molecule has 0 bridgehead atoms. The van der Waals surface area contributed by atoms with Crippen molar-refractivity contribution in [1.82, 2.24) is 5.32 Å². The Balaban J connectivity index is 1.80. The molecule has 1 unspecified atom stereocenters. The highest BCUT2D eigenvalue weighted by molar-refractivity contribution is 7.11. The molecule has 0 amide bonds. The summed E-state index contributed by atoms with van der Waals surface area (Å²) in [7, 11) is 0. The van der Waals surface area contributed by atoms with Crippen LogP contribution in [0.5, 0.6) is 0 Å². The molecule has 108 valence electrons. The van der Waals surface area contributed by atoms with Crippen LogP contribution in [0.4, 0.5) is 0 Å². The van der Waals surface area contributed by atoms with Gasteiger partial charge in [0.05, 0.1) is 0 Å². The fraction of sp³-hybridized carbons (Fsp3) is 0.750. The Morgan fingerprint density at radius 2 is 2.05 bits per heavy atom. The molecule has 1 aromatic rings. The van der Waals surface area contributed by atoms with Gasteiger partial charge in [0.2, 0.25) is 0 Å². The summed E-state index contributed by atoms with van der Waals surface area (Å²) in [6.07, 6.45) is 7.36. The molecular weight excluding hydrogens is 254 g/mol.